The van der Waals surface area contributed by atoms with Crippen molar-refractivity contribution < 1.29 is 13.2 Å². The van der Waals surface area contributed by atoms with Crippen LogP contribution in [0.25, 0.3) is 0 Å². The highest BCUT2D eigenvalue weighted by Crippen LogP contribution is 2.24. The van der Waals surface area contributed by atoms with Crippen molar-refractivity contribution in [2.75, 3.05) is 13.1 Å². The molecule has 0 bridgehead atoms. The first-order valence-corrected chi connectivity index (χ1v) is 11.1. The van der Waals surface area contributed by atoms with Crippen LogP contribution >= 0.6 is 22.9 Å². The van der Waals surface area contributed by atoms with Crippen LogP contribution in [0.1, 0.15) is 30.7 Å². The molecule has 0 saturated heterocycles. The summed E-state index contributed by atoms with van der Waals surface area (Å²) in [5.41, 5.74) is 1.05. The smallest absolute Gasteiger partial charge is 0.252 e. The topological polar surface area (TPSA) is 66.5 Å². The van der Waals surface area contributed by atoms with Gasteiger partial charge in [-0.2, -0.15) is 4.31 Å². The molecule has 1 aromatic heterocycles. The molecule has 5 nitrogen and oxygen atoms in total. The number of rotatable bonds is 9. The number of amides is 1. The number of aryl methyl sites for hydroxylation is 1. The number of nitrogens with zero attached hydrogens (tertiary/aromatic N) is 1. The molecule has 0 unspecified atom stereocenters. The van der Waals surface area contributed by atoms with E-state index in [1.165, 1.54) is 15.6 Å². The molecule has 1 heterocycles. The van der Waals surface area contributed by atoms with Crippen molar-refractivity contribution >= 4 is 38.9 Å². The van der Waals surface area contributed by atoms with Gasteiger partial charge in [-0.25, -0.2) is 8.42 Å². The molecule has 0 aliphatic heterocycles. The summed E-state index contributed by atoms with van der Waals surface area (Å²) < 4.78 is 26.7. The molecule has 0 aliphatic rings. The van der Waals surface area contributed by atoms with E-state index >= 15 is 0 Å². The molecule has 26 heavy (non-hydrogen) atoms. The molecular formula is C18H23ClN2O3S2. The summed E-state index contributed by atoms with van der Waals surface area (Å²) in [5.74, 6) is -0.0681. The third kappa shape index (κ3) is 5.54. The van der Waals surface area contributed by atoms with E-state index in [0.717, 1.165) is 10.4 Å². The third-order valence-electron chi connectivity index (χ3n) is 3.95. The van der Waals surface area contributed by atoms with Crippen LogP contribution in [-0.4, -0.2) is 31.7 Å². The van der Waals surface area contributed by atoms with Gasteiger partial charge in [0, 0.05) is 29.4 Å². The van der Waals surface area contributed by atoms with Crippen LogP contribution in [0.5, 0.6) is 0 Å². The number of halogens is 1. The molecule has 0 fully saturated rings. The van der Waals surface area contributed by atoms with Gasteiger partial charge in [0.2, 0.25) is 5.91 Å². The maximum absolute atomic E-state index is 12.5. The van der Waals surface area contributed by atoms with Crippen LogP contribution < -0.4 is 5.32 Å². The molecule has 1 amide bonds. The lowest BCUT2D eigenvalue weighted by Gasteiger charge is -2.16. The molecule has 1 aromatic carbocycles. The van der Waals surface area contributed by atoms with Crippen molar-refractivity contribution in [3.05, 3.63) is 51.9 Å². The molecule has 0 saturated carbocycles. The molecule has 1 N–H and O–H groups in total. The van der Waals surface area contributed by atoms with E-state index in [2.05, 4.69) is 5.32 Å². The van der Waals surface area contributed by atoms with E-state index in [-0.39, 0.29) is 5.91 Å². The quantitative estimate of drug-likeness (QED) is 0.680. The summed E-state index contributed by atoms with van der Waals surface area (Å²) in [6.07, 6.45) is 1.01. The van der Waals surface area contributed by atoms with Crippen LogP contribution in [-0.2, 0) is 27.8 Å². The van der Waals surface area contributed by atoms with Gasteiger partial charge in [-0.1, -0.05) is 37.6 Å². The number of carbonyl (C=O) groups is 1. The Morgan fingerprint density at radius 2 is 1.77 bits per heavy atom. The fourth-order valence-corrected chi connectivity index (χ4v) is 5.50. The summed E-state index contributed by atoms with van der Waals surface area (Å²) in [5, 5.41) is 3.51. The first-order chi connectivity index (χ1) is 12.4. The number of hydrogen-bond donors (Lipinski definition) is 1. The van der Waals surface area contributed by atoms with E-state index in [4.69, 9.17) is 11.6 Å². The van der Waals surface area contributed by atoms with Gasteiger partial charge in [0.1, 0.15) is 4.21 Å². The lowest BCUT2D eigenvalue weighted by Crippen LogP contribution is -2.30. The molecular weight excluding hydrogens is 392 g/mol. The van der Waals surface area contributed by atoms with Gasteiger partial charge in [0.25, 0.3) is 10.0 Å². The number of thiophene rings is 1. The van der Waals surface area contributed by atoms with Crippen LogP contribution in [0.2, 0.25) is 5.02 Å². The second-order valence-corrected chi connectivity index (χ2v) is 9.48. The van der Waals surface area contributed by atoms with Crippen LogP contribution in [0.4, 0.5) is 0 Å². The first-order valence-electron chi connectivity index (χ1n) is 8.46. The number of hydrogen-bond acceptors (Lipinski definition) is 4. The lowest BCUT2D eigenvalue weighted by molar-refractivity contribution is -0.121. The van der Waals surface area contributed by atoms with Gasteiger partial charge < -0.3 is 5.32 Å². The van der Waals surface area contributed by atoms with Crippen molar-refractivity contribution in [2.45, 2.75) is 37.4 Å². The van der Waals surface area contributed by atoms with Gasteiger partial charge in [-0.05, 0) is 36.2 Å². The predicted octanol–water partition coefficient (Wildman–Crippen LogP) is 3.68. The average molecular weight is 415 g/mol. The summed E-state index contributed by atoms with van der Waals surface area (Å²) in [7, 11) is -3.44. The van der Waals surface area contributed by atoms with Crippen LogP contribution in [0, 0.1) is 0 Å². The van der Waals surface area contributed by atoms with E-state index in [9.17, 15) is 13.2 Å². The second-order valence-electron chi connectivity index (χ2n) is 5.71. The zero-order valence-corrected chi connectivity index (χ0v) is 17.3. The normalized spacial score (nSPS) is 11.7. The number of nitrogens with one attached hydrogen (secondary N) is 1. The maximum Gasteiger partial charge on any atom is 0.252 e. The minimum absolute atomic E-state index is 0.0681. The van der Waals surface area contributed by atoms with Crippen molar-refractivity contribution in [1.29, 1.82) is 0 Å². The highest BCUT2D eigenvalue weighted by atomic mass is 35.5. The van der Waals surface area contributed by atoms with Crippen molar-refractivity contribution in [1.82, 2.24) is 9.62 Å². The van der Waals surface area contributed by atoms with E-state index in [0.29, 0.717) is 41.7 Å². The molecule has 0 aliphatic carbocycles. The Bertz CT molecular complexity index is 828. The molecule has 0 spiro atoms. The fourth-order valence-electron chi connectivity index (χ4n) is 2.47. The standard InChI is InChI=1S/C18H23ClN2O3S2/c1-3-21(4-2)26(23,24)18-12-10-16(25-18)13-20-17(22)11-7-14-5-8-15(19)9-6-14/h5-6,8-10,12H,3-4,7,11,13H2,1-2H3,(H,20,22). The monoisotopic (exact) mass is 414 g/mol. The minimum atomic E-state index is -3.44. The zero-order valence-electron chi connectivity index (χ0n) is 14.9. The Hall–Kier alpha value is -1.41. The Balaban J connectivity index is 1.87. The average Bonchev–Trinajstić information content (AvgIpc) is 3.10. The van der Waals surface area contributed by atoms with Crippen LogP contribution in [0.3, 0.4) is 0 Å². The van der Waals surface area contributed by atoms with Gasteiger partial charge in [-0.15, -0.1) is 11.3 Å². The van der Waals surface area contributed by atoms with Crippen LogP contribution in [0.15, 0.2) is 40.6 Å². The zero-order chi connectivity index (χ0) is 19.2. The lowest BCUT2D eigenvalue weighted by atomic mass is 10.1. The fraction of sp³-hybridized carbons (Fsp3) is 0.389. The van der Waals surface area contributed by atoms with E-state index in [1.54, 1.807) is 24.3 Å². The molecule has 8 heteroatoms. The van der Waals surface area contributed by atoms with Gasteiger partial charge >= 0.3 is 0 Å². The molecule has 0 atom stereocenters. The Kier molecular flexibility index (Phi) is 7.64. The Morgan fingerprint density at radius 3 is 2.38 bits per heavy atom. The largest absolute Gasteiger partial charge is 0.351 e. The maximum atomic E-state index is 12.5. The molecule has 142 valence electrons. The second kappa shape index (κ2) is 9.50. The van der Waals surface area contributed by atoms with Gasteiger partial charge in [0.15, 0.2) is 0 Å². The summed E-state index contributed by atoms with van der Waals surface area (Å²) in [4.78, 5) is 12.8. The molecule has 2 aromatic rings. The van der Waals surface area contributed by atoms with E-state index in [1.807, 2.05) is 26.0 Å². The van der Waals surface area contributed by atoms with Crippen molar-refractivity contribution in [3.8, 4) is 0 Å². The number of benzene rings is 1. The summed E-state index contributed by atoms with van der Waals surface area (Å²) >= 11 is 7.04. The predicted molar refractivity (Wildman–Crippen MR) is 106 cm³/mol. The Labute approximate surface area is 164 Å². The highest BCUT2D eigenvalue weighted by Gasteiger charge is 2.23. The first kappa shape index (κ1) is 20.9. The van der Waals surface area contributed by atoms with Gasteiger partial charge in [0.05, 0.1) is 6.54 Å². The minimum Gasteiger partial charge on any atom is -0.351 e. The summed E-state index contributed by atoms with van der Waals surface area (Å²) in [6.45, 7) is 4.84. The number of carbonyl (C=O) groups excluding carboxylic acids is 1. The van der Waals surface area contributed by atoms with Crippen molar-refractivity contribution in [2.24, 2.45) is 0 Å². The molecule has 0 radical (unpaired) electrons. The Morgan fingerprint density at radius 1 is 1.12 bits per heavy atom. The van der Waals surface area contributed by atoms with Crippen molar-refractivity contribution in [3.63, 3.8) is 0 Å². The summed E-state index contributed by atoms with van der Waals surface area (Å²) in [6, 6.07) is 10.8. The van der Waals surface area contributed by atoms with E-state index < -0.39 is 10.0 Å². The highest BCUT2D eigenvalue weighted by molar-refractivity contribution is 7.91. The number of sulfonamides is 1. The molecule has 2 rings (SSSR count). The SMILES string of the molecule is CCN(CC)S(=O)(=O)c1ccc(CNC(=O)CCc2ccc(Cl)cc2)s1. The van der Waals surface area contributed by atoms with Gasteiger partial charge in [-0.3, -0.25) is 4.79 Å². The third-order valence-corrected chi connectivity index (χ3v) is 7.80.